The third-order valence-corrected chi connectivity index (χ3v) is 4.02. The number of nitrogens with zero attached hydrogens (tertiary/aromatic N) is 1. The van der Waals surface area contributed by atoms with Gasteiger partial charge in [0.25, 0.3) is 0 Å². The second kappa shape index (κ2) is 7.51. The van der Waals surface area contributed by atoms with Crippen LogP contribution in [-0.4, -0.2) is 54.6 Å². The number of rotatable bonds is 6. The summed E-state index contributed by atoms with van der Waals surface area (Å²) in [7, 11) is 0. The van der Waals surface area contributed by atoms with Gasteiger partial charge in [-0.15, -0.1) is 0 Å². The fourth-order valence-electron chi connectivity index (χ4n) is 2.86. The number of aryl methyl sites for hydroxylation is 2. The van der Waals surface area contributed by atoms with Gasteiger partial charge in [0.1, 0.15) is 0 Å². The predicted octanol–water partition coefficient (Wildman–Crippen LogP) is 1.91. The molecule has 5 nitrogen and oxygen atoms in total. The number of ether oxygens (including phenoxy) is 1. The lowest BCUT2D eigenvalue weighted by molar-refractivity contribution is -0.138. The Kier molecular flexibility index (Phi) is 5.69. The maximum atomic E-state index is 12.8. The lowest BCUT2D eigenvalue weighted by atomic mass is 9.91. The van der Waals surface area contributed by atoms with E-state index in [9.17, 15) is 9.59 Å². The van der Waals surface area contributed by atoms with Crippen molar-refractivity contribution in [3.8, 4) is 0 Å². The third kappa shape index (κ3) is 4.39. The van der Waals surface area contributed by atoms with Crippen molar-refractivity contribution >= 4 is 11.8 Å². The number of hydrogen-bond donors (Lipinski definition) is 1. The second-order valence-electron chi connectivity index (χ2n) is 5.89. The molecular formula is C17H23NO4. The second-order valence-corrected chi connectivity index (χ2v) is 5.89. The Morgan fingerprint density at radius 2 is 1.95 bits per heavy atom. The van der Waals surface area contributed by atoms with Crippen LogP contribution in [0, 0.1) is 19.8 Å². The maximum absolute atomic E-state index is 12.8. The number of carboxylic acid groups (broad SMARTS) is 1. The van der Waals surface area contributed by atoms with Crippen LogP contribution < -0.4 is 0 Å². The van der Waals surface area contributed by atoms with Crippen molar-refractivity contribution in [2.75, 3.05) is 32.8 Å². The Bertz CT molecular complexity index is 550. The molecule has 0 amide bonds. The summed E-state index contributed by atoms with van der Waals surface area (Å²) in [6, 6.07) is 5.66. The molecule has 120 valence electrons. The van der Waals surface area contributed by atoms with Gasteiger partial charge in [0.15, 0.2) is 5.78 Å². The van der Waals surface area contributed by atoms with E-state index in [4.69, 9.17) is 9.84 Å². The summed E-state index contributed by atoms with van der Waals surface area (Å²) in [6.07, 6.45) is -0.135. The molecule has 22 heavy (non-hydrogen) atoms. The molecule has 1 aromatic rings. The van der Waals surface area contributed by atoms with Gasteiger partial charge >= 0.3 is 5.97 Å². The first-order chi connectivity index (χ1) is 10.5. The van der Waals surface area contributed by atoms with Crippen molar-refractivity contribution in [2.24, 2.45) is 5.92 Å². The smallest absolute Gasteiger partial charge is 0.304 e. The van der Waals surface area contributed by atoms with Crippen LogP contribution in [0.2, 0.25) is 0 Å². The zero-order valence-corrected chi connectivity index (χ0v) is 13.2. The number of ketones is 1. The van der Waals surface area contributed by atoms with Gasteiger partial charge in [-0.05, 0) is 19.4 Å². The van der Waals surface area contributed by atoms with Gasteiger partial charge in [-0.2, -0.15) is 0 Å². The standard InChI is InChI=1S/C17H23NO4/c1-12-3-4-15(13(2)9-12)17(21)14(10-16(19)20)11-18-5-7-22-8-6-18/h3-4,9,14H,5-8,10-11H2,1-2H3,(H,19,20). The minimum atomic E-state index is -0.934. The minimum Gasteiger partial charge on any atom is -0.481 e. The fraction of sp³-hybridized carbons (Fsp3) is 0.529. The zero-order chi connectivity index (χ0) is 16.1. The Hall–Kier alpha value is -1.72. The van der Waals surface area contributed by atoms with Gasteiger partial charge < -0.3 is 9.84 Å². The number of aliphatic carboxylic acids is 1. The molecule has 1 heterocycles. The number of Topliss-reactive ketones (excluding diaryl/α,β-unsaturated/α-hetero) is 1. The first-order valence-electron chi connectivity index (χ1n) is 7.60. The summed E-state index contributed by atoms with van der Waals surface area (Å²) in [5, 5.41) is 9.13. The quantitative estimate of drug-likeness (QED) is 0.813. The van der Waals surface area contributed by atoms with Gasteiger partial charge in [0, 0.05) is 31.1 Å². The molecule has 0 bridgehead atoms. The van der Waals surface area contributed by atoms with Gasteiger partial charge in [-0.1, -0.05) is 23.8 Å². The van der Waals surface area contributed by atoms with Crippen LogP contribution in [0.25, 0.3) is 0 Å². The van der Waals surface area contributed by atoms with E-state index in [1.165, 1.54) is 0 Å². The Morgan fingerprint density at radius 3 is 2.55 bits per heavy atom. The number of carbonyl (C=O) groups is 2. The van der Waals surface area contributed by atoms with Crippen LogP contribution in [0.3, 0.4) is 0 Å². The highest BCUT2D eigenvalue weighted by Gasteiger charge is 2.27. The van der Waals surface area contributed by atoms with Crippen molar-refractivity contribution in [3.63, 3.8) is 0 Å². The van der Waals surface area contributed by atoms with Gasteiger partial charge in [0.2, 0.25) is 0 Å². The molecule has 0 saturated carbocycles. The number of carbonyl (C=O) groups excluding carboxylic acids is 1. The highest BCUT2D eigenvalue weighted by Crippen LogP contribution is 2.19. The summed E-state index contributed by atoms with van der Waals surface area (Å²) in [4.78, 5) is 26.0. The monoisotopic (exact) mass is 305 g/mol. The van der Waals surface area contributed by atoms with E-state index in [0.717, 1.165) is 24.2 Å². The summed E-state index contributed by atoms with van der Waals surface area (Å²) < 4.78 is 5.30. The average Bonchev–Trinajstić information content (AvgIpc) is 2.46. The number of hydrogen-bond acceptors (Lipinski definition) is 4. The van der Waals surface area contributed by atoms with E-state index in [2.05, 4.69) is 4.90 Å². The number of carboxylic acids is 1. The molecular weight excluding hydrogens is 282 g/mol. The van der Waals surface area contributed by atoms with E-state index < -0.39 is 11.9 Å². The van der Waals surface area contributed by atoms with Crippen molar-refractivity contribution in [1.29, 1.82) is 0 Å². The molecule has 1 fully saturated rings. The zero-order valence-electron chi connectivity index (χ0n) is 13.2. The summed E-state index contributed by atoms with van der Waals surface area (Å²) >= 11 is 0. The Balaban J connectivity index is 2.15. The SMILES string of the molecule is Cc1ccc(C(=O)C(CC(=O)O)CN2CCOCC2)c(C)c1. The lowest BCUT2D eigenvalue weighted by Gasteiger charge is -2.29. The molecule has 0 spiro atoms. The highest BCUT2D eigenvalue weighted by atomic mass is 16.5. The van der Waals surface area contributed by atoms with Gasteiger partial charge in [-0.3, -0.25) is 14.5 Å². The van der Waals surface area contributed by atoms with E-state index in [1.807, 2.05) is 26.0 Å². The van der Waals surface area contributed by atoms with Crippen LogP contribution >= 0.6 is 0 Å². The van der Waals surface area contributed by atoms with Crippen LogP contribution in [0.1, 0.15) is 27.9 Å². The van der Waals surface area contributed by atoms with Crippen molar-refractivity contribution < 1.29 is 19.4 Å². The first-order valence-corrected chi connectivity index (χ1v) is 7.60. The molecule has 0 radical (unpaired) electrons. The molecule has 1 aliphatic rings. The van der Waals surface area contributed by atoms with Gasteiger partial charge in [-0.25, -0.2) is 0 Å². The van der Waals surface area contributed by atoms with Crippen LogP contribution in [0.5, 0.6) is 0 Å². The lowest BCUT2D eigenvalue weighted by Crippen LogP contribution is -2.41. The molecule has 1 saturated heterocycles. The van der Waals surface area contributed by atoms with E-state index >= 15 is 0 Å². The molecule has 1 atom stereocenters. The van der Waals surface area contributed by atoms with Gasteiger partial charge in [0.05, 0.1) is 19.6 Å². The fourth-order valence-corrected chi connectivity index (χ4v) is 2.86. The van der Waals surface area contributed by atoms with E-state index in [1.54, 1.807) is 6.07 Å². The minimum absolute atomic E-state index is 0.0774. The normalized spacial score (nSPS) is 17.2. The summed E-state index contributed by atoms with van der Waals surface area (Å²) in [5.41, 5.74) is 2.63. The summed E-state index contributed by atoms with van der Waals surface area (Å²) in [6.45, 7) is 7.11. The number of morpholine rings is 1. The molecule has 0 aliphatic carbocycles. The first kappa shape index (κ1) is 16.6. The van der Waals surface area contributed by atoms with E-state index in [-0.39, 0.29) is 12.2 Å². The largest absolute Gasteiger partial charge is 0.481 e. The van der Waals surface area contributed by atoms with Crippen molar-refractivity contribution in [1.82, 2.24) is 4.90 Å². The molecule has 1 N–H and O–H groups in total. The average molecular weight is 305 g/mol. The Morgan fingerprint density at radius 1 is 1.27 bits per heavy atom. The molecule has 5 heteroatoms. The number of benzene rings is 1. The molecule has 2 rings (SSSR count). The molecule has 0 aromatic heterocycles. The Labute approximate surface area is 130 Å². The van der Waals surface area contributed by atoms with Crippen molar-refractivity contribution in [3.05, 3.63) is 34.9 Å². The molecule has 1 aliphatic heterocycles. The van der Waals surface area contributed by atoms with Crippen LogP contribution in [-0.2, 0) is 9.53 Å². The van der Waals surface area contributed by atoms with Crippen LogP contribution in [0.15, 0.2) is 18.2 Å². The van der Waals surface area contributed by atoms with Crippen molar-refractivity contribution in [2.45, 2.75) is 20.3 Å². The van der Waals surface area contributed by atoms with Crippen LogP contribution in [0.4, 0.5) is 0 Å². The molecule has 1 aromatic carbocycles. The topological polar surface area (TPSA) is 66.8 Å². The summed E-state index contributed by atoms with van der Waals surface area (Å²) in [5.74, 6) is -1.53. The molecule has 1 unspecified atom stereocenters. The maximum Gasteiger partial charge on any atom is 0.304 e. The highest BCUT2D eigenvalue weighted by molar-refractivity contribution is 6.00. The predicted molar refractivity (Wildman–Crippen MR) is 83.2 cm³/mol. The van der Waals surface area contributed by atoms with E-state index in [0.29, 0.717) is 25.3 Å². The third-order valence-electron chi connectivity index (χ3n) is 4.02.